The molecule has 0 aromatic heterocycles. The lowest BCUT2D eigenvalue weighted by atomic mass is 10.2. The van der Waals surface area contributed by atoms with Gasteiger partial charge in [0.2, 0.25) is 5.91 Å². The Balaban J connectivity index is 1.74. The van der Waals surface area contributed by atoms with Crippen molar-refractivity contribution >= 4 is 68.1 Å². The summed E-state index contributed by atoms with van der Waals surface area (Å²) in [6.45, 7) is 1.67. The Labute approximate surface area is 201 Å². The van der Waals surface area contributed by atoms with Crippen molar-refractivity contribution in [3.05, 3.63) is 50.3 Å². The van der Waals surface area contributed by atoms with Crippen molar-refractivity contribution in [2.45, 2.75) is 6.92 Å². The lowest BCUT2D eigenvalue weighted by Gasteiger charge is -2.13. The van der Waals surface area contributed by atoms with E-state index >= 15 is 0 Å². The number of amides is 3. The molecule has 8 nitrogen and oxygen atoms in total. The predicted molar refractivity (Wildman–Crippen MR) is 126 cm³/mol. The number of ether oxygens (including phenoxy) is 2. The van der Waals surface area contributed by atoms with E-state index in [9.17, 15) is 19.5 Å². The molecule has 1 fully saturated rings. The number of anilines is 1. The molecule has 32 heavy (non-hydrogen) atoms. The summed E-state index contributed by atoms with van der Waals surface area (Å²) < 4.78 is 10.9. The van der Waals surface area contributed by atoms with Gasteiger partial charge in [-0.15, -0.1) is 0 Å². The van der Waals surface area contributed by atoms with E-state index in [1.54, 1.807) is 25.1 Å². The van der Waals surface area contributed by atoms with Crippen LogP contribution < -0.4 is 14.8 Å². The number of phenols is 1. The van der Waals surface area contributed by atoms with Crippen LogP contribution in [0.4, 0.5) is 10.5 Å². The molecule has 1 heterocycles. The Morgan fingerprint density at radius 1 is 1.28 bits per heavy atom. The number of halogens is 2. The zero-order chi connectivity index (χ0) is 23.4. The van der Waals surface area contributed by atoms with E-state index in [4.69, 9.17) is 21.1 Å². The molecule has 1 saturated heterocycles. The molecular formula is C21H18BrClN2O6S. The van der Waals surface area contributed by atoms with Crippen molar-refractivity contribution < 1.29 is 29.0 Å². The lowest BCUT2D eigenvalue weighted by Crippen LogP contribution is -2.36. The second kappa shape index (κ2) is 10.3. The van der Waals surface area contributed by atoms with Crippen molar-refractivity contribution in [1.29, 1.82) is 0 Å². The summed E-state index contributed by atoms with van der Waals surface area (Å²) in [6.07, 6.45) is 1.50. The van der Waals surface area contributed by atoms with Crippen LogP contribution in [0.1, 0.15) is 12.5 Å². The molecule has 168 valence electrons. The number of nitrogens with zero attached hydrogens (tertiary/aromatic N) is 1. The molecule has 1 aliphatic heterocycles. The molecule has 0 bridgehead atoms. The van der Waals surface area contributed by atoms with Gasteiger partial charge in [0.1, 0.15) is 12.3 Å². The second-order valence-corrected chi connectivity index (χ2v) is 8.69. The van der Waals surface area contributed by atoms with Gasteiger partial charge in [-0.3, -0.25) is 19.3 Å². The number of benzene rings is 2. The second-order valence-electron chi connectivity index (χ2n) is 6.44. The Bertz CT molecular complexity index is 1120. The summed E-state index contributed by atoms with van der Waals surface area (Å²) in [5.41, 5.74) is 0.939. The van der Waals surface area contributed by atoms with Crippen LogP contribution in [-0.2, 0) is 9.59 Å². The zero-order valence-corrected chi connectivity index (χ0v) is 20.1. The Morgan fingerprint density at radius 3 is 2.69 bits per heavy atom. The maximum atomic E-state index is 12.7. The molecule has 0 unspecified atom stereocenters. The van der Waals surface area contributed by atoms with Crippen LogP contribution in [0.5, 0.6) is 17.2 Å². The number of aromatic hydroxyl groups is 1. The third-order valence-corrected chi connectivity index (χ3v) is 6.17. The maximum Gasteiger partial charge on any atom is 0.294 e. The van der Waals surface area contributed by atoms with Crippen molar-refractivity contribution in [3.8, 4) is 17.2 Å². The van der Waals surface area contributed by atoms with Gasteiger partial charge in [0, 0.05) is 10.2 Å². The minimum atomic E-state index is -0.596. The Kier molecular flexibility index (Phi) is 7.70. The van der Waals surface area contributed by atoms with E-state index < -0.39 is 23.6 Å². The summed E-state index contributed by atoms with van der Waals surface area (Å²) in [5, 5.41) is 12.3. The van der Waals surface area contributed by atoms with Crippen molar-refractivity contribution in [2.24, 2.45) is 0 Å². The highest BCUT2D eigenvalue weighted by molar-refractivity contribution is 9.10. The van der Waals surface area contributed by atoms with Gasteiger partial charge in [-0.1, -0.05) is 27.5 Å². The van der Waals surface area contributed by atoms with Crippen LogP contribution in [0, 0.1) is 0 Å². The highest BCUT2D eigenvalue weighted by atomic mass is 79.9. The van der Waals surface area contributed by atoms with Crippen LogP contribution in [-0.4, -0.2) is 47.3 Å². The number of rotatable bonds is 7. The first kappa shape index (κ1) is 24.0. The molecule has 0 spiro atoms. The molecule has 3 rings (SSSR count). The number of carbonyl (C=O) groups excluding carboxylic acids is 3. The van der Waals surface area contributed by atoms with Gasteiger partial charge in [-0.2, -0.15) is 0 Å². The highest BCUT2D eigenvalue weighted by Gasteiger charge is 2.36. The summed E-state index contributed by atoms with van der Waals surface area (Å²) in [5.74, 6) is -0.508. The minimum absolute atomic E-state index is 0.0562. The molecule has 0 atom stereocenters. The van der Waals surface area contributed by atoms with E-state index in [0.717, 1.165) is 16.7 Å². The Hall–Kier alpha value is -2.69. The third kappa shape index (κ3) is 5.37. The number of phenolic OH excluding ortho intramolecular Hbond substituents is 1. The number of carbonyl (C=O) groups is 3. The smallest absolute Gasteiger partial charge is 0.294 e. The van der Waals surface area contributed by atoms with Gasteiger partial charge in [-0.25, -0.2) is 0 Å². The average Bonchev–Trinajstić information content (AvgIpc) is 2.99. The van der Waals surface area contributed by atoms with Gasteiger partial charge in [0.05, 0.1) is 23.6 Å². The van der Waals surface area contributed by atoms with E-state index in [2.05, 4.69) is 21.2 Å². The van der Waals surface area contributed by atoms with Crippen LogP contribution in [0.2, 0.25) is 5.02 Å². The number of thioether (sulfide) groups is 1. The third-order valence-electron chi connectivity index (χ3n) is 4.28. The largest absolute Gasteiger partial charge is 0.504 e. The first-order chi connectivity index (χ1) is 15.2. The molecule has 2 aromatic rings. The summed E-state index contributed by atoms with van der Waals surface area (Å²) >= 11 is 10.1. The van der Waals surface area contributed by atoms with Crippen LogP contribution in [0.3, 0.4) is 0 Å². The van der Waals surface area contributed by atoms with Crippen LogP contribution in [0.15, 0.2) is 39.7 Å². The standard InChI is InChI=1S/C21H18BrClN2O6S/c1-3-31-17-6-11(13(22)9-15(17)26)7-18-20(28)25(21(29)32-18)10-19(27)24-12-4-5-16(30-2)14(23)8-12/h4-9,26H,3,10H2,1-2H3,(H,24,27)/b18-7-. The Morgan fingerprint density at radius 2 is 2.03 bits per heavy atom. The minimum Gasteiger partial charge on any atom is -0.504 e. The fourth-order valence-corrected chi connectivity index (χ4v) is 4.34. The SMILES string of the molecule is CCOc1cc(/C=C2\SC(=O)N(CC(=O)Nc3ccc(OC)c(Cl)c3)C2=O)c(Br)cc1O. The first-order valence-corrected chi connectivity index (χ1v) is 11.3. The molecule has 3 amide bonds. The highest BCUT2D eigenvalue weighted by Crippen LogP contribution is 2.37. The van der Waals surface area contributed by atoms with Crippen LogP contribution >= 0.6 is 39.3 Å². The number of hydrogen-bond acceptors (Lipinski definition) is 7. The summed E-state index contributed by atoms with van der Waals surface area (Å²) in [7, 11) is 1.47. The molecule has 0 radical (unpaired) electrons. The molecule has 2 N–H and O–H groups in total. The fraction of sp³-hybridized carbons (Fsp3) is 0.190. The van der Waals surface area contributed by atoms with Crippen LogP contribution in [0.25, 0.3) is 6.08 Å². The van der Waals surface area contributed by atoms with Crippen molar-refractivity contribution in [2.75, 3.05) is 25.6 Å². The van der Waals surface area contributed by atoms with E-state index in [1.165, 1.54) is 25.3 Å². The molecule has 2 aromatic carbocycles. The summed E-state index contributed by atoms with van der Waals surface area (Å²) in [4.78, 5) is 38.5. The quantitative estimate of drug-likeness (QED) is 0.481. The zero-order valence-electron chi connectivity index (χ0n) is 17.0. The van der Waals surface area contributed by atoms with Crippen molar-refractivity contribution in [3.63, 3.8) is 0 Å². The van der Waals surface area contributed by atoms with Gasteiger partial charge >= 0.3 is 0 Å². The van der Waals surface area contributed by atoms with Gasteiger partial charge in [0.15, 0.2) is 11.5 Å². The molecule has 0 saturated carbocycles. The molecule has 1 aliphatic rings. The number of nitrogens with one attached hydrogen (secondary N) is 1. The number of hydrogen-bond donors (Lipinski definition) is 2. The normalized spacial score (nSPS) is 14.8. The molecule has 0 aliphatic carbocycles. The molecule has 11 heteroatoms. The predicted octanol–water partition coefficient (Wildman–Crippen LogP) is 4.89. The number of imide groups is 1. The van der Waals surface area contributed by atoms with E-state index in [-0.39, 0.29) is 16.4 Å². The van der Waals surface area contributed by atoms with E-state index in [0.29, 0.717) is 33.1 Å². The fourth-order valence-electron chi connectivity index (χ4n) is 2.81. The monoisotopic (exact) mass is 540 g/mol. The first-order valence-electron chi connectivity index (χ1n) is 9.27. The average molecular weight is 542 g/mol. The summed E-state index contributed by atoms with van der Waals surface area (Å²) in [6, 6.07) is 7.68. The molecular weight excluding hydrogens is 524 g/mol. The lowest BCUT2D eigenvalue weighted by molar-refractivity contribution is -0.127. The van der Waals surface area contributed by atoms with Gasteiger partial charge in [-0.05, 0) is 60.7 Å². The van der Waals surface area contributed by atoms with E-state index in [1.807, 2.05) is 0 Å². The maximum absolute atomic E-state index is 12.7. The van der Waals surface area contributed by atoms with Gasteiger partial charge < -0.3 is 19.9 Å². The van der Waals surface area contributed by atoms with Gasteiger partial charge in [0.25, 0.3) is 11.1 Å². The topological polar surface area (TPSA) is 105 Å². The number of methoxy groups -OCH3 is 1. The van der Waals surface area contributed by atoms with Crippen molar-refractivity contribution in [1.82, 2.24) is 4.90 Å².